The lowest BCUT2D eigenvalue weighted by atomic mass is 10.0. The van der Waals surface area contributed by atoms with E-state index in [1.54, 1.807) is 6.07 Å². The van der Waals surface area contributed by atoms with Gasteiger partial charge in [0.05, 0.1) is 0 Å². The Balaban J connectivity index is 2.12. The van der Waals surface area contributed by atoms with E-state index in [1.807, 2.05) is 0 Å². The highest BCUT2D eigenvalue weighted by Gasteiger charge is 2.19. The summed E-state index contributed by atoms with van der Waals surface area (Å²) >= 11 is 0. The zero-order valence-electron chi connectivity index (χ0n) is 11.6. The number of primary amides is 1. The van der Waals surface area contributed by atoms with E-state index in [0.29, 0.717) is 5.56 Å². The molecule has 0 fully saturated rings. The number of nitrogens with two attached hydrogens (primary N) is 1. The van der Waals surface area contributed by atoms with Crippen LogP contribution >= 0.6 is 0 Å². The molecule has 0 saturated carbocycles. The van der Waals surface area contributed by atoms with Gasteiger partial charge in [-0.3, -0.25) is 9.59 Å². The molecule has 0 radical (unpaired) electrons. The predicted octanol–water partition coefficient (Wildman–Crippen LogP) is 1.79. The summed E-state index contributed by atoms with van der Waals surface area (Å²) in [5.74, 6) is -2.39. The molecule has 6 heteroatoms. The van der Waals surface area contributed by atoms with Crippen molar-refractivity contribution >= 4 is 11.8 Å². The fourth-order valence-electron chi connectivity index (χ4n) is 1.99. The molecule has 0 unspecified atom stereocenters. The van der Waals surface area contributed by atoms with Crippen molar-refractivity contribution in [3.8, 4) is 0 Å². The third-order valence-corrected chi connectivity index (χ3v) is 3.06. The van der Waals surface area contributed by atoms with Crippen LogP contribution < -0.4 is 11.1 Å². The highest BCUT2D eigenvalue weighted by molar-refractivity contribution is 5.97. The van der Waals surface area contributed by atoms with Gasteiger partial charge < -0.3 is 11.1 Å². The van der Waals surface area contributed by atoms with Crippen LogP contribution in [0.2, 0.25) is 0 Å². The lowest BCUT2D eigenvalue weighted by Gasteiger charge is -2.15. The number of carbonyl (C=O) groups excluding carboxylic acids is 2. The van der Waals surface area contributed by atoms with Crippen molar-refractivity contribution in [1.29, 1.82) is 0 Å². The number of halogens is 2. The molecule has 0 aliphatic rings. The van der Waals surface area contributed by atoms with E-state index in [4.69, 9.17) is 5.73 Å². The van der Waals surface area contributed by atoms with Gasteiger partial charge >= 0.3 is 0 Å². The fourth-order valence-corrected chi connectivity index (χ4v) is 1.99. The van der Waals surface area contributed by atoms with Crippen LogP contribution in [-0.4, -0.2) is 17.9 Å². The second kappa shape index (κ2) is 6.80. The van der Waals surface area contributed by atoms with Gasteiger partial charge in [-0.1, -0.05) is 18.2 Å². The molecular weight excluding hydrogens is 290 g/mol. The van der Waals surface area contributed by atoms with Crippen molar-refractivity contribution in [3.63, 3.8) is 0 Å². The zero-order valence-corrected chi connectivity index (χ0v) is 11.6. The minimum Gasteiger partial charge on any atom is -0.368 e. The van der Waals surface area contributed by atoms with E-state index in [1.165, 1.54) is 36.4 Å². The number of amides is 2. The highest BCUT2D eigenvalue weighted by Crippen LogP contribution is 2.08. The third kappa shape index (κ3) is 4.12. The average molecular weight is 304 g/mol. The van der Waals surface area contributed by atoms with E-state index in [9.17, 15) is 18.4 Å². The molecule has 0 heterocycles. The summed E-state index contributed by atoms with van der Waals surface area (Å²) < 4.78 is 26.2. The number of rotatable bonds is 5. The van der Waals surface area contributed by atoms with E-state index in [0.717, 1.165) is 6.07 Å². The molecule has 2 aromatic rings. The molecule has 0 aliphatic heterocycles. The van der Waals surface area contributed by atoms with Crippen LogP contribution in [0.3, 0.4) is 0 Å². The Bertz CT molecular complexity index is 704. The van der Waals surface area contributed by atoms with Crippen LogP contribution in [0, 0.1) is 11.6 Å². The molecule has 2 aromatic carbocycles. The highest BCUT2D eigenvalue weighted by atomic mass is 19.1. The third-order valence-electron chi connectivity index (χ3n) is 3.06. The number of hydrogen-bond donors (Lipinski definition) is 2. The second-order valence-corrected chi connectivity index (χ2v) is 4.77. The Morgan fingerprint density at radius 2 is 1.68 bits per heavy atom. The average Bonchev–Trinajstić information content (AvgIpc) is 2.46. The van der Waals surface area contributed by atoms with Crippen molar-refractivity contribution in [3.05, 3.63) is 71.3 Å². The summed E-state index contributed by atoms with van der Waals surface area (Å²) in [5.41, 5.74) is 5.85. The van der Waals surface area contributed by atoms with Crippen molar-refractivity contribution < 1.29 is 18.4 Å². The molecule has 0 aromatic heterocycles. The van der Waals surface area contributed by atoms with E-state index in [2.05, 4.69) is 5.32 Å². The first kappa shape index (κ1) is 15.6. The minimum absolute atomic E-state index is 0.0498. The van der Waals surface area contributed by atoms with Crippen molar-refractivity contribution in [1.82, 2.24) is 5.32 Å². The predicted molar refractivity (Wildman–Crippen MR) is 77.0 cm³/mol. The van der Waals surface area contributed by atoms with Crippen molar-refractivity contribution in [2.75, 3.05) is 0 Å². The molecule has 1 atom stereocenters. The fraction of sp³-hybridized carbons (Fsp3) is 0.125. The Morgan fingerprint density at radius 3 is 2.27 bits per heavy atom. The number of carbonyl (C=O) groups is 2. The van der Waals surface area contributed by atoms with E-state index < -0.39 is 29.5 Å². The van der Waals surface area contributed by atoms with E-state index in [-0.39, 0.29) is 12.0 Å². The molecule has 2 rings (SSSR count). The summed E-state index contributed by atoms with van der Waals surface area (Å²) in [5, 5.41) is 2.43. The molecule has 22 heavy (non-hydrogen) atoms. The first-order valence-corrected chi connectivity index (χ1v) is 6.56. The number of nitrogens with one attached hydrogen (secondary N) is 1. The van der Waals surface area contributed by atoms with Crippen LogP contribution in [0.25, 0.3) is 0 Å². The van der Waals surface area contributed by atoms with Gasteiger partial charge in [-0.25, -0.2) is 8.78 Å². The van der Waals surface area contributed by atoms with Crippen LogP contribution in [0.4, 0.5) is 8.78 Å². The Morgan fingerprint density at radius 1 is 1.05 bits per heavy atom. The van der Waals surface area contributed by atoms with Crippen molar-refractivity contribution in [2.24, 2.45) is 5.73 Å². The molecule has 2 amide bonds. The lowest BCUT2D eigenvalue weighted by Crippen LogP contribution is -2.45. The van der Waals surface area contributed by atoms with Gasteiger partial charge in [-0.15, -0.1) is 0 Å². The summed E-state index contributed by atoms with van der Waals surface area (Å²) in [6, 6.07) is 9.68. The molecular formula is C16H14F2N2O2. The van der Waals surface area contributed by atoms with Gasteiger partial charge in [-0.05, 0) is 35.9 Å². The molecule has 0 bridgehead atoms. The maximum Gasteiger partial charge on any atom is 0.252 e. The van der Waals surface area contributed by atoms with Gasteiger partial charge in [0, 0.05) is 12.0 Å². The first-order valence-electron chi connectivity index (χ1n) is 6.56. The van der Waals surface area contributed by atoms with Crippen LogP contribution in [0.5, 0.6) is 0 Å². The smallest absolute Gasteiger partial charge is 0.252 e. The molecule has 0 saturated heterocycles. The van der Waals surface area contributed by atoms with Crippen LogP contribution in [-0.2, 0) is 11.2 Å². The van der Waals surface area contributed by atoms with E-state index >= 15 is 0 Å². The SMILES string of the molecule is NC(=O)[C@H](Cc1cccc(F)c1)NC(=O)c1cccc(F)c1. The topological polar surface area (TPSA) is 72.2 Å². The number of benzene rings is 2. The summed E-state index contributed by atoms with van der Waals surface area (Å²) in [4.78, 5) is 23.5. The normalized spacial score (nSPS) is 11.7. The summed E-state index contributed by atoms with van der Waals surface area (Å²) in [6.07, 6.45) is 0.0498. The zero-order chi connectivity index (χ0) is 16.1. The maximum atomic E-state index is 13.1. The monoisotopic (exact) mass is 304 g/mol. The molecule has 0 spiro atoms. The van der Waals surface area contributed by atoms with Gasteiger partial charge in [-0.2, -0.15) is 0 Å². The molecule has 3 N–H and O–H groups in total. The summed E-state index contributed by atoms with van der Waals surface area (Å²) in [7, 11) is 0. The van der Waals surface area contributed by atoms with Gasteiger partial charge in [0.15, 0.2) is 0 Å². The minimum atomic E-state index is -1.02. The Kier molecular flexibility index (Phi) is 4.83. The lowest BCUT2D eigenvalue weighted by molar-refractivity contribution is -0.119. The summed E-state index contributed by atoms with van der Waals surface area (Å²) in [6.45, 7) is 0. The molecule has 4 nitrogen and oxygen atoms in total. The first-order chi connectivity index (χ1) is 10.5. The Hall–Kier alpha value is -2.76. The largest absolute Gasteiger partial charge is 0.368 e. The number of hydrogen-bond acceptors (Lipinski definition) is 2. The molecule has 114 valence electrons. The Labute approximate surface area is 125 Å². The van der Waals surface area contributed by atoms with Crippen molar-refractivity contribution in [2.45, 2.75) is 12.5 Å². The quantitative estimate of drug-likeness (QED) is 0.884. The van der Waals surface area contributed by atoms with Gasteiger partial charge in [0.25, 0.3) is 5.91 Å². The molecule has 0 aliphatic carbocycles. The van der Waals surface area contributed by atoms with Crippen LogP contribution in [0.15, 0.2) is 48.5 Å². The second-order valence-electron chi connectivity index (χ2n) is 4.77. The maximum absolute atomic E-state index is 13.1. The van der Waals surface area contributed by atoms with Gasteiger partial charge in [0.2, 0.25) is 5.91 Å². The standard InChI is InChI=1S/C16H14F2N2O2/c17-12-5-1-3-10(7-12)8-14(15(19)21)20-16(22)11-4-2-6-13(18)9-11/h1-7,9,14H,8H2,(H2,19,21)(H,20,22)/t14-/m0/s1. The van der Waals surface area contributed by atoms with Crippen LogP contribution in [0.1, 0.15) is 15.9 Å². The van der Waals surface area contributed by atoms with Gasteiger partial charge in [0.1, 0.15) is 17.7 Å².